The monoisotopic (exact) mass is 521 g/mol. The van der Waals surface area contributed by atoms with Crippen LogP contribution in [0.25, 0.3) is 0 Å². The second-order valence-electron chi connectivity index (χ2n) is 9.71. The molecule has 0 bridgehead atoms. The molecule has 2 N–H and O–H groups in total. The normalized spacial score (nSPS) is 13.4. The van der Waals surface area contributed by atoms with E-state index >= 15 is 0 Å². The van der Waals surface area contributed by atoms with E-state index in [1.54, 1.807) is 13.0 Å². The first-order valence-electron chi connectivity index (χ1n) is 13.1. The van der Waals surface area contributed by atoms with Crippen LogP contribution in [-0.2, 0) is 35.1 Å². The molecule has 0 saturated carbocycles. The van der Waals surface area contributed by atoms with E-state index in [0.717, 1.165) is 12.8 Å². The molecule has 208 valence electrons. The number of ether oxygens (including phenoxy) is 4. The number of unbranched alkanes of at least 4 members (excludes halogenated alkanes) is 2. The third-order valence-corrected chi connectivity index (χ3v) is 6.20. The number of hydrogen-bond donors (Lipinski definition) is 1. The minimum Gasteiger partial charge on any atom is -0.468 e. The topological polar surface area (TPSA) is 131 Å². The maximum Gasteiger partial charge on any atom is 0.326 e. The van der Waals surface area contributed by atoms with Crippen molar-refractivity contribution in [1.29, 1.82) is 0 Å². The lowest BCUT2D eigenvalue weighted by Crippen LogP contribution is -2.51. The molecule has 0 fully saturated rings. The fourth-order valence-electron chi connectivity index (χ4n) is 3.38. The smallest absolute Gasteiger partial charge is 0.326 e. The summed E-state index contributed by atoms with van der Waals surface area (Å²) in [4.78, 5) is 49.4. The summed E-state index contributed by atoms with van der Waals surface area (Å²) >= 11 is 0. The van der Waals surface area contributed by atoms with Crippen molar-refractivity contribution in [3.63, 3.8) is 0 Å². The summed E-state index contributed by atoms with van der Waals surface area (Å²) in [5.74, 6) is -1.90. The number of esters is 4. The molecule has 0 saturated heterocycles. The molecule has 2 atom stereocenters. The molecule has 0 heterocycles. The SMILES string of the molecule is CCCCC(=O)Oc1ccc(C[C@](N)(CCOC(=O)C(C)C(C)C)C(=O)OC)cc1OC(=O)CCCC. The second kappa shape index (κ2) is 16.0. The maximum absolute atomic E-state index is 12.6. The predicted molar refractivity (Wildman–Crippen MR) is 139 cm³/mol. The number of benzene rings is 1. The van der Waals surface area contributed by atoms with Crippen LogP contribution in [-0.4, -0.2) is 43.1 Å². The summed E-state index contributed by atoms with van der Waals surface area (Å²) in [6.45, 7) is 9.49. The van der Waals surface area contributed by atoms with Crippen molar-refractivity contribution in [2.24, 2.45) is 17.6 Å². The molecular weight excluding hydrogens is 478 g/mol. The van der Waals surface area contributed by atoms with Gasteiger partial charge in [0.1, 0.15) is 5.54 Å². The summed E-state index contributed by atoms with van der Waals surface area (Å²) < 4.78 is 21.2. The van der Waals surface area contributed by atoms with E-state index in [1.165, 1.54) is 19.2 Å². The zero-order valence-corrected chi connectivity index (χ0v) is 23.1. The van der Waals surface area contributed by atoms with Crippen LogP contribution in [0, 0.1) is 11.8 Å². The van der Waals surface area contributed by atoms with Crippen molar-refractivity contribution < 1.29 is 38.1 Å². The molecule has 0 aliphatic heterocycles. The molecule has 0 aliphatic carbocycles. The Hall–Kier alpha value is -2.94. The highest BCUT2D eigenvalue weighted by Gasteiger charge is 2.36. The third-order valence-electron chi connectivity index (χ3n) is 6.20. The molecule has 1 unspecified atom stereocenters. The number of carbonyl (C=O) groups is 4. The van der Waals surface area contributed by atoms with Crippen molar-refractivity contribution >= 4 is 23.9 Å². The first kappa shape index (κ1) is 32.1. The number of nitrogens with two attached hydrogens (primary N) is 1. The minimum absolute atomic E-state index is 0.0144. The largest absolute Gasteiger partial charge is 0.468 e. The Kier molecular flexibility index (Phi) is 13.9. The van der Waals surface area contributed by atoms with E-state index in [0.29, 0.717) is 18.4 Å². The van der Waals surface area contributed by atoms with Crippen molar-refractivity contribution in [3.8, 4) is 11.5 Å². The number of methoxy groups -OCH3 is 1. The lowest BCUT2D eigenvalue weighted by molar-refractivity contribution is -0.153. The van der Waals surface area contributed by atoms with E-state index in [4.69, 9.17) is 24.7 Å². The van der Waals surface area contributed by atoms with Crippen molar-refractivity contribution in [1.82, 2.24) is 0 Å². The van der Waals surface area contributed by atoms with Gasteiger partial charge in [-0.25, -0.2) is 0 Å². The Morgan fingerprint density at radius 2 is 1.49 bits per heavy atom. The molecule has 0 radical (unpaired) electrons. The maximum atomic E-state index is 12.6. The molecule has 1 aromatic rings. The lowest BCUT2D eigenvalue weighted by atomic mass is 9.88. The summed E-state index contributed by atoms with van der Waals surface area (Å²) in [6, 6.07) is 4.69. The number of rotatable bonds is 16. The van der Waals surface area contributed by atoms with Gasteiger partial charge in [-0.15, -0.1) is 0 Å². The van der Waals surface area contributed by atoms with Gasteiger partial charge < -0.3 is 24.7 Å². The van der Waals surface area contributed by atoms with E-state index in [1.807, 2.05) is 27.7 Å². The van der Waals surface area contributed by atoms with Crippen LogP contribution in [0.1, 0.15) is 85.1 Å². The standard InChI is InChI=1S/C28H43NO8/c1-7-9-11-24(30)36-22-14-13-21(17-23(22)37-25(31)12-10-8-2)18-28(29,27(33)34-6)15-16-35-26(32)20(5)19(3)4/h13-14,17,19-20H,7-12,15-16,18,29H2,1-6H3/t20?,28-/m1/s1. The molecule has 0 aliphatic rings. The molecule has 0 amide bonds. The highest BCUT2D eigenvalue weighted by molar-refractivity contribution is 5.81. The van der Waals surface area contributed by atoms with Gasteiger partial charge in [-0.2, -0.15) is 0 Å². The van der Waals surface area contributed by atoms with Gasteiger partial charge in [0.2, 0.25) is 0 Å². The first-order chi connectivity index (χ1) is 17.5. The molecule has 37 heavy (non-hydrogen) atoms. The highest BCUT2D eigenvalue weighted by atomic mass is 16.6. The minimum atomic E-state index is -1.50. The first-order valence-corrected chi connectivity index (χ1v) is 13.1. The number of carbonyl (C=O) groups excluding carboxylic acids is 4. The summed E-state index contributed by atoms with van der Waals surface area (Å²) in [5.41, 5.74) is 5.49. The van der Waals surface area contributed by atoms with Crippen molar-refractivity contribution in [2.45, 2.75) is 91.5 Å². The number of hydrogen-bond acceptors (Lipinski definition) is 9. The second-order valence-corrected chi connectivity index (χ2v) is 9.71. The molecule has 9 heteroatoms. The fourth-order valence-corrected chi connectivity index (χ4v) is 3.38. The van der Waals surface area contributed by atoms with Crippen LogP contribution in [0.4, 0.5) is 0 Å². The predicted octanol–water partition coefficient (Wildman–Crippen LogP) is 4.52. The van der Waals surface area contributed by atoms with E-state index < -0.39 is 23.4 Å². The molecule has 1 aromatic carbocycles. The molecule has 0 spiro atoms. The van der Waals surface area contributed by atoms with Crippen LogP contribution in [0.3, 0.4) is 0 Å². The summed E-state index contributed by atoms with van der Waals surface area (Å²) in [5, 5.41) is 0. The average molecular weight is 522 g/mol. The Bertz CT molecular complexity index is 913. The molecular formula is C28H43NO8. The Morgan fingerprint density at radius 1 is 0.919 bits per heavy atom. The fraction of sp³-hybridized carbons (Fsp3) is 0.643. The zero-order valence-electron chi connectivity index (χ0n) is 23.1. The van der Waals surface area contributed by atoms with Gasteiger partial charge in [-0.05, 0) is 36.5 Å². The van der Waals surface area contributed by atoms with Gasteiger partial charge in [-0.1, -0.05) is 53.5 Å². The van der Waals surface area contributed by atoms with Gasteiger partial charge >= 0.3 is 23.9 Å². The van der Waals surface area contributed by atoms with Crippen LogP contribution in [0.5, 0.6) is 11.5 Å². The van der Waals surface area contributed by atoms with Crippen LogP contribution in [0.2, 0.25) is 0 Å². The quantitative estimate of drug-likeness (QED) is 0.246. The van der Waals surface area contributed by atoms with Gasteiger partial charge in [0.05, 0.1) is 19.6 Å². The van der Waals surface area contributed by atoms with E-state index in [9.17, 15) is 19.2 Å². The third kappa shape index (κ3) is 10.9. The van der Waals surface area contributed by atoms with E-state index in [2.05, 4.69) is 0 Å². The molecule has 0 aromatic heterocycles. The van der Waals surface area contributed by atoms with Crippen molar-refractivity contribution in [3.05, 3.63) is 23.8 Å². The van der Waals surface area contributed by atoms with E-state index in [-0.39, 0.29) is 61.6 Å². The molecule has 1 rings (SSSR count). The Morgan fingerprint density at radius 3 is 2.00 bits per heavy atom. The van der Waals surface area contributed by atoms with Crippen LogP contribution < -0.4 is 15.2 Å². The lowest BCUT2D eigenvalue weighted by Gasteiger charge is -2.27. The average Bonchev–Trinajstić information content (AvgIpc) is 2.86. The summed E-state index contributed by atoms with van der Waals surface area (Å²) in [7, 11) is 1.23. The van der Waals surface area contributed by atoms with Crippen molar-refractivity contribution in [2.75, 3.05) is 13.7 Å². The van der Waals surface area contributed by atoms with Gasteiger partial charge in [0.15, 0.2) is 11.5 Å². The Balaban J connectivity index is 3.13. The Labute approximate surface area is 220 Å². The van der Waals surface area contributed by atoms with Crippen LogP contribution in [0.15, 0.2) is 18.2 Å². The van der Waals surface area contributed by atoms with Crippen LogP contribution >= 0.6 is 0 Å². The van der Waals surface area contributed by atoms with Gasteiger partial charge in [0.25, 0.3) is 0 Å². The zero-order chi connectivity index (χ0) is 28.0. The van der Waals surface area contributed by atoms with Gasteiger partial charge in [0, 0.05) is 25.7 Å². The summed E-state index contributed by atoms with van der Waals surface area (Å²) in [6.07, 6.45) is 3.49. The molecule has 9 nitrogen and oxygen atoms in total. The van der Waals surface area contributed by atoms with Gasteiger partial charge in [-0.3, -0.25) is 19.2 Å². The highest BCUT2D eigenvalue weighted by Crippen LogP contribution is 2.31.